The molecule has 1 amide bonds. The van der Waals surface area contributed by atoms with Gasteiger partial charge in [-0.1, -0.05) is 31.5 Å². The summed E-state index contributed by atoms with van der Waals surface area (Å²) in [5, 5.41) is 12.0. The van der Waals surface area contributed by atoms with Crippen molar-refractivity contribution in [1.29, 1.82) is 0 Å². The fourth-order valence-electron chi connectivity index (χ4n) is 1.48. The van der Waals surface area contributed by atoms with Gasteiger partial charge in [0.1, 0.15) is 5.82 Å². The first-order chi connectivity index (χ1) is 8.95. The predicted octanol–water partition coefficient (Wildman–Crippen LogP) is 2.63. The van der Waals surface area contributed by atoms with E-state index < -0.39 is 11.7 Å². The largest absolute Gasteiger partial charge is 0.394 e. The van der Waals surface area contributed by atoms with Crippen molar-refractivity contribution in [3.05, 3.63) is 40.7 Å². The number of carbonyl (C=O) groups excluding carboxylic acids is 1. The zero-order chi connectivity index (χ0) is 14.4. The number of halogens is 2. The molecular formula is C14H17ClFNO2. The molecule has 104 valence electrons. The van der Waals surface area contributed by atoms with Crippen LogP contribution in [0.1, 0.15) is 19.4 Å². The number of aliphatic hydroxyl groups is 1. The summed E-state index contributed by atoms with van der Waals surface area (Å²) in [6, 6.07) is 3.99. The maximum Gasteiger partial charge on any atom is 0.244 e. The minimum atomic E-state index is -0.487. The Bertz CT molecular complexity index is 454. The van der Waals surface area contributed by atoms with Gasteiger partial charge in [0.15, 0.2) is 0 Å². The van der Waals surface area contributed by atoms with E-state index in [1.807, 2.05) is 13.8 Å². The Balaban J connectivity index is 2.74. The Morgan fingerprint density at radius 2 is 2.21 bits per heavy atom. The van der Waals surface area contributed by atoms with E-state index in [9.17, 15) is 9.18 Å². The van der Waals surface area contributed by atoms with Gasteiger partial charge in [-0.25, -0.2) is 4.39 Å². The van der Waals surface area contributed by atoms with Crippen molar-refractivity contribution in [2.24, 2.45) is 5.92 Å². The van der Waals surface area contributed by atoms with Crippen molar-refractivity contribution >= 4 is 23.6 Å². The lowest BCUT2D eigenvalue weighted by Gasteiger charge is -2.18. The van der Waals surface area contributed by atoms with Gasteiger partial charge < -0.3 is 10.4 Å². The van der Waals surface area contributed by atoms with Gasteiger partial charge in [0.25, 0.3) is 0 Å². The van der Waals surface area contributed by atoms with Gasteiger partial charge in [-0.3, -0.25) is 4.79 Å². The molecule has 1 rings (SSSR count). The Morgan fingerprint density at radius 3 is 2.74 bits per heavy atom. The highest BCUT2D eigenvalue weighted by atomic mass is 35.5. The van der Waals surface area contributed by atoms with Crippen LogP contribution in [-0.2, 0) is 4.79 Å². The molecule has 0 aliphatic rings. The van der Waals surface area contributed by atoms with Gasteiger partial charge >= 0.3 is 0 Å². The molecule has 0 fully saturated rings. The second kappa shape index (κ2) is 7.26. The Labute approximate surface area is 117 Å². The van der Waals surface area contributed by atoms with Crippen LogP contribution >= 0.6 is 11.6 Å². The number of aliphatic hydroxyl groups excluding tert-OH is 1. The molecule has 0 spiro atoms. The van der Waals surface area contributed by atoms with Crippen LogP contribution in [0, 0.1) is 11.7 Å². The molecule has 1 aromatic rings. The van der Waals surface area contributed by atoms with Crippen molar-refractivity contribution in [3.8, 4) is 0 Å². The van der Waals surface area contributed by atoms with Gasteiger partial charge in [-0.2, -0.15) is 0 Å². The molecule has 19 heavy (non-hydrogen) atoms. The van der Waals surface area contributed by atoms with Gasteiger partial charge in [0.2, 0.25) is 5.91 Å². The second-order valence-electron chi connectivity index (χ2n) is 4.51. The summed E-state index contributed by atoms with van der Waals surface area (Å²) in [7, 11) is 0. The van der Waals surface area contributed by atoms with Crippen molar-refractivity contribution in [2.75, 3.05) is 6.61 Å². The molecule has 0 saturated carbocycles. The molecule has 0 aromatic heterocycles. The molecule has 0 bridgehead atoms. The molecule has 0 unspecified atom stereocenters. The number of nitrogens with one attached hydrogen (secondary N) is 1. The molecule has 1 aromatic carbocycles. The van der Waals surface area contributed by atoms with Gasteiger partial charge in [-0.05, 0) is 24.1 Å². The van der Waals surface area contributed by atoms with Crippen molar-refractivity contribution in [1.82, 2.24) is 5.32 Å². The van der Waals surface area contributed by atoms with E-state index in [1.165, 1.54) is 24.3 Å². The summed E-state index contributed by atoms with van der Waals surface area (Å²) in [4.78, 5) is 11.6. The first-order valence-electron chi connectivity index (χ1n) is 5.99. The first-order valence-corrected chi connectivity index (χ1v) is 6.37. The minimum absolute atomic E-state index is 0.111. The normalized spacial score (nSPS) is 12.9. The van der Waals surface area contributed by atoms with Gasteiger partial charge in [-0.15, -0.1) is 0 Å². The molecule has 0 aliphatic carbocycles. The van der Waals surface area contributed by atoms with Crippen LogP contribution in [0.3, 0.4) is 0 Å². The zero-order valence-corrected chi connectivity index (χ0v) is 11.6. The highest BCUT2D eigenvalue weighted by molar-refractivity contribution is 6.32. The summed E-state index contributed by atoms with van der Waals surface area (Å²) < 4.78 is 13.5. The average Bonchev–Trinajstić information content (AvgIpc) is 2.35. The van der Waals surface area contributed by atoms with Crippen LogP contribution in [0.25, 0.3) is 6.08 Å². The van der Waals surface area contributed by atoms with Gasteiger partial charge in [0.05, 0.1) is 17.7 Å². The number of rotatable bonds is 5. The SMILES string of the molecule is CC(C)[C@@H](CO)NC(=O)C=Cc1c(F)cccc1Cl. The van der Waals surface area contributed by atoms with Crippen LogP contribution in [0.2, 0.25) is 5.02 Å². The Hall–Kier alpha value is -1.39. The zero-order valence-electron chi connectivity index (χ0n) is 10.9. The molecule has 3 nitrogen and oxygen atoms in total. The molecule has 0 radical (unpaired) electrons. The van der Waals surface area contributed by atoms with Gasteiger partial charge in [0, 0.05) is 11.6 Å². The second-order valence-corrected chi connectivity index (χ2v) is 4.92. The fourth-order valence-corrected chi connectivity index (χ4v) is 1.71. The quantitative estimate of drug-likeness (QED) is 0.817. The fraction of sp³-hybridized carbons (Fsp3) is 0.357. The number of hydrogen-bond donors (Lipinski definition) is 2. The van der Waals surface area contributed by atoms with E-state index in [-0.39, 0.29) is 29.2 Å². The Morgan fingerprint density at radius 1 is 1.53 bits per heavy atom. The molecule has 0 aliphatic heterocycles. The van der Waals surface area contributed by atoms with E-state index in [0.717, 1.165) is 0 Å². The van der Waals surface area contributed by atoms with Crippen LogP contribution in [0.5, 0.6) is 0 Å². The summed E-state index contributed by atoms with van der Waals surface area (Å²) in [6.07, 6.45) is 2.52. The highest BCUT2D eigenvalue weighted by Gasteiger charge is 2.13. The van der Waals surface area contributed by atoms with Crippen LogP contribution in [0.15, 0.2) is 24.3 Å². The summed E-state index contributed by atoms with van der Waals surface area (Å²) >= 11 is 5.83. The predicted molar refractivity (Wildman–Crippen MR) is 74.3 cm³/mol. The number of benzene rings is 1. The lowest BCUT2D eigenvalue weighted by Crippen LogP contribution is -2.40. The van der Waals surface area contributed by atoms with E-state index in [1.54, 1.807) is 6.07 Å². The van der Waals surface area contributed by atoms with E-state index in [2.05, 4.69) is 5.32 Å². The van der Waals surface area contributed by atoms with Crippen molar-refractivity contribution < 1.29 is 14.3 Å². The maximum absolute atomic E-state index is 13.5. The highest BCUT2D eigenvalue weighted by Crippen LogP contribution is 2.20. The van der Waals surface area contributed by atoms with E-state index >= 15 is 0 Å². The number of amides is 1. The maximum atomic E-state index is 13.5. The smallest absolute Gasteiger partial charge is 0.244 e. The van der Waals surface area contributed by atoms with Crippen molar-refractivity contribution in [2.45, 2.75) is 19.9 Å². The Kier molecular flexibility index (Phi) is 5.99. The lowest BCUT2D eigenvalue weighted by atomic mass is 10.1. The summed E-state index contributed by atoms with van der Waals surface area (Å²) in [5.41, 5.74) is 0.171. The molecule has 1 atom stereocenters. The summed E-state index contributed by atoms with van der Waals surface area (Å²) in [5.74, 6) is -0.773. The topological polar surface area (TPSA) is 49.3 Å². The summed E-state index contributed by atoms with van der Waals surface area (Å²) in [6.45, 7) is 3.63. The monoisotopic (exact) mass is 285 g/mol. The third kappa shape index (κ3) is 4.65. The first kappa shape index (κ1) is 15.7. The van der Waals surface area contributed by atoms with Crippen LogP contribution < -0.4 is 5.32 Å². The minimum Gasteiger partial charge on any atom is -0.394 e. The number of carbonyl (C=O) groups is 1. The van der Waals surface area contributed by atoms with Crippen LogP contribution in [-0.4, -0.2) is 23.7 Å². The third-order valence-corrected chi connectivity index (χ3v) is 3.06. The van der Waals surface area contributed by atoms with Crippen LogP contribution in [0.4, 0.5) is 4.39 Å². The van der Waals surface area contributed by atoms with E-state index in [0.29, 0.717) is 0 Å². The molecular weight excluding hydrogens is 269 g/mol. The molecule has 0 heterocycles. The van der Waals surface area contributed by atoms with E-state index in [4.69, 9.17) is 16.7 Å². The molecule has 2 N–H and O–H groups in total. The van der Waals surface area contributed by atoms with Crippen molar-refractivity contribution in [3.63, 3.8) is 0 Å². The average molecular weight is 286 g/mol. The number of hydrogen-bond acceptors (Lipinski definition) is 2. The lowest BCUT2D eigenvalue weighted by molar-refractivity contribution is -0.117. The molecule has 5 heteroatoms. The standard InChI is InChI=1S/C14H17ClFNO2/c1-9(2)13(8-18)17-14(19)7-6-10-11(15)4-3-5-12(10)16/h3-7,9,13,18H,8H2,1-2H3,(H,17,19)/t13-/m1/s1. The third-order valence-electron chi connectivity index (χ3n) is 2.73. The molecule has 0 saturated heterocycles.